The maximum Gasteiger partial charge on any atom is 0.152 e. The van der Waals surface area contributed by atoms with Crippen molar-refractivity contribution in [2.45, 2.75) is 19.3 Å². The van der Waals surface area contributed by atoms with E-state index < -0.39 is 0 Å². The van der Waals surface area contributed by atoms with Crippen LogP contribution in [0.15, 0.2) is 221 Å². The molecule has 3 heterocycles. The van der Waals surface area contributed by atoms with Crippen molar-refractivity contribution in [3.8, 4) is 78.7 Å². The van der Waals surface area contributed by atoms with Crippen LogP contribution in [-0.4, -0.2) is 0 Å². The van der Waals surface area contributed by atoms with Gasteiger partial charge in [0.15, 0.2) is 11.5 Å². The van der Waals surface area contributed by atoms with E-state index in [2.05, 4.69) is 195 Å². The Labute approximate surface area is 377 Å². The van der Waals surface area contributed by atoms with Gasteiger partial charge in [-0.05, 0) is 117 Å². The Morgan fingerprint density at radius 1 is 0.369 bits per heavy atom. The lowest BCUT2D eigenvalue weighted by molar-refractivity contribution is 0.477. The summed E-state index contributed by atoms with van der Waals surface area (Å²) in [6, 6.07) is 75.5. The van der Waals surface area contributed by atoms with Gasteiger partial charge in [0.1, 0.15) is 22.7 Å². The zero-order chi connectivity index (χ0) is 43.2. The fraction of sp³-hybridized carbons (Fsp3) is 0.0492. The first kappa shape index (κ1) is 37.2. The van der Waals surface area contributed by atoms with E-state index in [1.54, 1.807) is 0 Å². The van der Waals surface area contributed by atoms with Crippen molar-refractivity contribution >= 4 is 39.0 Å². The second-order valence-corrected chi connectivity index (χ2v) is 17.7. The number of rotatable bonds is 6. The molecule has 0 saturated heterocycles. The van der Waals surface area contributed by atoms with Crippen LogP contribution in [0.1, 0.15) is 25.0 Å². The number of para-hydroxylation sites is 2. The highest BCUT2D eigenvalue weighted by atomic mass is 16.5. The molecule has 13 rings (SSSR count). The van der Waals surface area contributed by atoms with E-state index in [4.69, 9.17) is 13.6 Å². The molecule has 9 aromatic carbocycles. The lowest BCUT2D eigenvalue weighted by Gasteiger charge is -2.36. The molecule has 0 amide bonds. The van der Waals surface area contributed by atoms with E-state index in [1.807, 2.05) is 36.4 Å². The molecular weight excluding hydrogens is 795 g/mol. The minimum atomic E-state index is -0.129. The van der Waals surface area contributed by atoms with Crippen LogP contribution in [0.25, 0.3) is 89.1 Å². The van der Waals surface area contributed by atoms with Gasteiger partial charge in [-0.25, -0.2) is 0 Å². The lowest BCUT2D eigenvalue weighted by atomic mass is 9.81. The molecule has 1 aliphatic carbocycles. The predicted octanol–water partition coefficient (Wildman–Crippen LogP) is 17.4. The van der Waals surface area contributed by atoms with E-state index in [0.717, 1.165) is 101 Å². The third kappa shape index (κ3) is 5.91. The van der Waals surface area contributed by atoms with Crippen LogP contribution in [0.4, 0.5) is 17.1 Å². The fourth-order valence-corrected chi connectivity index (χ4v) is 10.3. The Balaban J connectivity index is 1.09. The number of anilines is 3. The van der Waals surface area contributed by atoms with Gasteiger partial charge in [0.2, 0.25) is 0 Å². The first-order chi connectivity index (χ1) is 32.0. The van der Waals surface area contributed by atoms with E-state index >= 15 is 0 Å². The summed E-state index contributed by atoms with van der Waals surface area (Å²) in [4.78, 5) is 2.40. The van der Waals surface area contributed by atoms with Gasteiger partial charge in [-0.3, -0.25) is 0 Å². The molecule has 4 nitrogen and oxygen atoms in total. The van der Waals surface area contributed by atoms with Crippen molar-refractivity contribution in [2.75, 3.05) is 4.90 Å². The van der Waals surface area contributed by atoms with Crippen molar-refractivity contribution in [1.29, 1.82) is 0 Å². The van der Waals surface area contributed by atoms with Crippen LogP contribution in [0.3, 0.4) is 0 Å². The van der Waals surface area contributed by atoms with Gasteiger partial charge < -0.3 is 18.5 Å². The Kier molecular flexibility index (Phi) is 8.22. The highest BCUT2D eigenvalue weighted by molar-refractivity contribution is 6.04. The summed E-state index contributed by atoms with van der Waals surface area (Å²) >= 11 is 0. The topological polar surface area (TPSA) is 38.8 Å². The standard InChI is InChI=1S/C61H41NO3/c1-61(2)49-24-12-11-22-46(49)59-45(23-15-25-50(59)61)44-32-47(38-16-5-3-6-17-38)60(48(33-44)39-18-7-4-8-19-39)62-51-30-28-42(55-34-40-20-9-13-26-53(40)63-55)36-57(51)65-58-37-43(29-31-52(58)62)56-35-41-21-10-14-27-54(41)64-56/h3-37H,1-2H3. The first-order valence-corrected chi connectivity index (χ1v) is 22.2. The molecule has 0 fully saturated rings. The summed E-state index contributed by atoms with van der Waals surface area (Å²) in [5.41, 5.74) is 18.4. The number of nitrogens with zero attached hydrogens (tertiary/aromatic N) is 1. The van der Waals surface area contributed by atoms with Crippen LogP contribution >= 0.6 is 0 Å². The number of ether oxygens (including phenoxy) is 1. The van der Waals surface area contributed by atoms with E-state index in [-0.39, 0.29) is 5.41 Å². The molecule has 4 heteroatoms. The molecule has 0 radical (unpaired) electrons. The molecular formula is C61H41NO3. The third-order valence-corrected chi connectivity index (χ3v) is 13.5. The average Bonchev–Trinajstić information content (AvgIpc) is 4.06. The molecule has 0 bridgehead atoms. The van der Waals surface area contributed by atoms with Crippen molar-refractivity contribution in [1.82, 2.24) is 0 Å². The average molecular weight is 836 g/mol. The summed E-state index contributed by atoms with van der Waals surface area (Å²) < 4.78 is 19.9. The zero-order valence-corrected chi connectivity index (χ0v) is 35.9. The van der Waals surface area contributed by atoms with Crippen LogP contribution < -0.4 is 9.64 Å². The second-order valence-electron chi connectivity index (χ2n) is 17.7. The number of fused-ring (bicyclic) bond motifs is 7. The predicted molar refractivity (Wildman–Crippen MR) is 265 cm³/mol. The van der Waals surface area contributed by atoms with E-state index in [1.165, 1.54) is 27.8 Å². The van der Waals surface area contributed by atoms with Gasteiger partial charge in [0, 0.05) is 38.4 Å². The molecule has 0 unspecified atom stereocenters. The molecule has 65 heavy (non-hydrogen) atoms. The van der Waals surface area contributed by atoms with Gasteiger partial charge in [-0.1, -0.05) is 153 Å². The molecule has 0 spiro atoms. The summed E-state index contributed by atoms with van der Waals surface area (Å²) in [5, 5.41) is 2.11. The maximum absolute atomic E-state index is 7.06. The maximum atomic E-state index is 7.06. The van der Waals surface area contributed by atoms with Crippen molar-refractivity contribution in [3.05, 3.63) is 223 Å². The molecule has 11 aromatic rings. The minimum absolute atomic E-state index is 0.129. The zero-order valence-electron chi connectivity index (χ0n) is 35.9. The van der Waals surface area contributed by atoms with Crippen LogP contribution in [0.5, 0.6) is 11.5 Å². The Bertz CT molecular complexity index is 3420. The molecule has 1 aliphatic heterocycles. The molecule has 308 valence electrons. The summed E-state index contributed by atoms with van der Waals surface area (Å²) in [5.74, 6) is 3.01. The largest absolute Gasteiger partial charge is 0.456 e. The minimum Gasteiger partial charge on any atom is -0.456 e. The number of hydrogen-bond acceptors (Lipinski definition) is 4. The van der Waals surface area contributed by atoms with Gasteiger partial charge in [0.25, 0.3) is 0 Å². The summed E-state index contributed by atoms with van der Waals surface area (Å²) in [6.45, 7) is 4.70. The normalized spacial score (nSPS) is 13.3. The van der Waals surface area contributed by atoms with E-state index in [0.29, 0.717) is 0 Å². The number of hydrogen-bond donors (Lipinski definition) is 0. The summed E-state index contributed by atoms with van der Waals surface area (Å²) in [6.07, 6.45) is 0. The van der Waals surface area contributed by atoms with Crippen LogP contribution in [0.2, 0.25) is 0 Å². The Morgan fingerprint density at radius 2 is 0.862 bits per heavy atom. The van der Waals surface area contributed by atoms with Crippen molar-refractivity contribution in [3.63, 3.8) is 0 Å². The van der Waals surface area contributed by atoms with Crippen LogP contribution in [0, 0.1) is 0 Å². The molecule has 2 aliphatic rings. The monoisotopic (exact) mass is 835 g/mol. The molecule has 2 aromatic heterocycles. The smallest absolute Gasteiger partial charge is 0.152 e. The van der Waals surface area contributed by atoms with Crippen molar-refractivity contribution < 1.29 is 13.6 Å². The van der Waals surface area contributed by atoms with E-state index in [9.17, 15) is 0 Å². The molecule has 0 saturated carbocycles. The third-order valence-electron chi connectivity index (χ3n) is 13.5. The SMILES string of the molecule is CC1(C)c2ccccc2-c2c(-c3cc(-c4ccccc4)c(N4c5ccc(-c6cc7ccccc7o6)cc5Oc5cc(-c6cc7ccccc7o6)ccc54)c(-c4ccccc4)c3)cccc21. The van der Waals surface area contributed by atoms with Gasteiger partial charge in [-0.15, -0.1) is 0 Å². The Hall–Kier alpha value is -8.34. The molecule has 0 N–H and O–H groups in total. The fourth-order valence-electron chi connectivity index (χ4n) is 10.3. The van der Waals surface area contributed by atoms with Crippen LogP contribution in [-0.2, 0) is 5.41 Å². The highest BCUT2D eigenvalue weighted by Gasteiger charge is 2.37. The Morgan fingerprint density at radius 3 is 1.43 bits per heavy atom. The van der Waals surface area contributed by atoms with Gasteiger partial charge in [0.05, 0.1) is 17.1 Å². The highest BCUT2D eigenvalue weighted by Crippen LogP contribution is 2.58. The van der Waals surface area contributed by atoms with Gasteiger partial charge in [-0.2, -0.15) is 0 Å². The summed E-state index contributed by atoms with van der Waals surface area (Å²) in [7, 11) is 0. The number of benzene rings is 9. The quantitative estimate of drug-likeness (QED) is 0.167. The number of furan rings is 2. The van der Waals surface area contributed by atoms with Crippen molar-refractivity contribution in [2.24, 2.45) is 0 Å². The second kappa shape index (κ2) is 14.3. The lowest BCUT2D eigenvalue weighted by Crippen LogP contribution is -2.18. The van der Waals surface area contributed by atoms with Gasteiger partial charge >= 0.3 is 0 Å². The molecule has 0 atom stereocenters. The first-order valence-electron chi connectivity index (χ1n) is 22.2.